The van der Waals surface area contributed by atoms with Crippen molar-refractivity contribution in [1.29, 1.82) is 0 Å². The Labute approximate surface area is 143 Å². The SMILES string of the molecule is O=C(NC[C@H]1CCCN1c1cccnn1)c1ccccc1OC(F)F. The third kappa shape index (κ3) is 4.20. The lowest BCUT2D eigenvalue weighted by molar-refractivity contribution is -0.0501. The zero-order valence-electron chi connectivity index (χ0n) is 13.4. The van der Waals surface area contributed by atoms with Crippen molar-refractivity contribution < 1.29 is 18.3 Å². The normalized spacial score (nSPS) is 16.9. The van der Waals surface area contributed by atoms with E-state index < -0.39 is 12.5 Å². The van der Waals surface area contributed by atoms with Crippen LogP contribution in [0.25, 0.3) is 0 Å². The number of rotatable bonds is 6. The van der Waals surface area contributed by atoms with E-state index in [0.717, 1.165) is 25.2 Å². The highest BCUT2D eigenvalue weighted by atomic mass is 19.3. The molecule has 1 atom stereocenters. The van der Waals surface area contributed by atoms with Gasteiger partial charge >= 0.3 is 6.61 Å². The molecule has 0 unspecified atom stereocenters. The number of anilines is 1. The first-order valence-electron chi connectivity index (χ1n) is 8.01. The second-order valence-corrected chi connectivity index (χ2v) is 5.66. The largest absolute Gasteiger partial charge is 0.434 e. The van der Waals surface area contributed by atoms with Gasteiger partial charge in [-0.3, -0.25) is 4.79 Å². The molecule has 1 aromatic carbocycles. The molecule has 2 heterocycles. The Hall–Kier alpha value is -2.77. The van der Waals surface area contributed by atoms with Gasteiger partial charge in [0.05, 0.1) is 5.56 Å². The maximum atomic E-state index is 12.5. The predicted octanol–water partition coefficient (Wildman–Crippen LogP) is 2.48. The number of amides is 1. The van der Waals surface area contributed by atoms with Gasteiger partial charge in [-0.2, -0.15) is 13.9 Å². The summed E-state index contributed by atoms with van der Waals surface area (Å²) in [6.45, 7) is -1.75. The van der Waals surface area contributed by atoms with Crippen LogP contribution in [0, 0.1) is 0 Å². The number of carbonyl (C=O) groups is 1. The molecule has 1 aliphatic rings. The van der Waals surface area contributed by atoms with Crippen molar-refractivity contribution >= 4 is 11.7 Å². The monoisotopic (exact) mass is 348 g/mol. The number of alkyl halides is 2. The third-order valence-electron chi connectivity index (χ3n) is 4.08. The lowest BCUT2D eigenvalue weighted by Crippen LogP contribution is -2.40. The van der Waals surface area contributed by atoms with E-state index >= 15 is 0 Å². The number of carbonyl (C=O) groups excluding carboxylic acids is 1. The van der Waals surface area contributed by atoms with Crippen molar-refractivity contribution in [2.75, 3.05) is 18.0 Å². The van der Waals surface area contributed by atoms with Crippen LogP contribution in [0.4, 0.5) is 14.6 Å². The molecule has 1 amide bonds. The highest BCUT2D eigenvalue weighted by Crippen LogP contribution is 2.23. The maximum Gasteiger partial charge on any atom is 0.387 e. The van der Waals surface area contributed by atoms with E-state index in [0.29, 0.717) is 6.54 Å². The minimum absolute atomic E-state index is 0.0869. The Balaban J connectivity index is 1.64. The Morgan fingerprint density at radius 3 is 2.92 bits per heavy atom. The van der Waals surface area contributed by atoms with Crippen LogP contribution in [0.3, 0.4) is 0 Å². The van der Waals surface area contributed by atoms with Crippen LogP contribution >= 0.6 is 0 Å². The van der Waals surface area contributed by atoms with Crippen LogP contribution in [0.1, 0.15) is 23.2 Å². The van der Waals surface area contributed by atoms with Crippen LogP contribution in [0.5, 0.6) is 5.75 Å². The van der Waals surface area contributed by atoms with Gasteiger partial charge in [0.25, 0.3) is 5.91 Å². The molecule has 1 saturated heterocycles. The molecule has 3 rings (SSSR count). The number of hydrogen-bond acceptors (Lipinski definition) is 5. The zero-order valence-corrected chi connectivity index (χ0v) is 13.4. The highest BCUT2D eigenvalue weighted by molar-refractivity contribution is 5.96. The number of halogens is 2. The quantitative estimate of drug-likeness (QED) is 0.869. The molecule has 6 nitrogen and oxygen atoms in total. The summed E-state index contributed by atoms with van der Waals surface area (Å²) in [6.07, 6.45) is 3.50. The average Bonchev–Trinajstić information content (AvgIpc) is 3.09. The molecule has 0 radical (unpaired) electrons. The second-order valence-electron chi connectivity index (χ2n) is 5.66. The van der Waals surface area contributed by atoms with Gasteiger partial charge in [-0.15, -0.1) is 5.10 Å². The van der Waals surface area contributed by atoms with Crippen molar-refractivity contribution in [3.05, 3.63) is 48.2 Å². The van der Waals surface area contributed by atoms with E-state index in [1.165, 1.54) is 12.1 Å². The molecule has 0 bridgehead atoms. The highest BCUT2D eigenvalue weighted by Gasteiger charge is 2.26. The van der Waals surface area contributed by atoms with Crippen molar-refractivity contribution in [3.8, 4) is 5.75 Å². The van der Waals surface area contributed by atoms with Crippen molar-refractivity contribution in [1.82, 2.24) is 15.5 Å². The topological polar surface area (TPSA) is 67.4 Å². The molecular formula is C17H18F2N4O2. The summed E-state index contributed by atoms with van der Waals surface area (Å²) in [5, 5.41) is 10.8. The van der Waals surface area contributed by atoms with Crippen LogP contribution < -0.4 is 15.0 Å². The van der Waals surface area contributed by atoms with Crippen molar-refractivity contribution in [2.45, 2.75) is 25.5 Å². The van der Waals surface area contributed by atoms with Crippen LogP contribution in [-0.2, 0) is 0 Å². The molecule has 132 valence electrons. The smallest absolute Gasteiger partial charge is 0.387 e. The van der Waals surface area contributed by atoms with Crippen molar-refractivity contribution in [2.24, 2.45) is 0 Å². The lowest BCUT2D eigenvalue weighted by Gasteiger charge is -2.25. The fourth-order valence-electron chi connectivity index (χ4n) is 2.95. The van der Waals surface area contributed by atoms with E-state index in [1.807, 2.05) is 12.1 Å². The van der Waals surface area contributed by atoms with Crippen LogP contribution in [-0.4, -0.2) is 41.8 Å². The molecule has 8 heteroatoms. The van der Waals surface area contributed by atoms with Gasteiger partial charge in [-0.25, -0.2) is 0 Å². The van der Waals surface area contributed by atoms with Gasteiger partial charge < -0.3 is 15.0 Å². The third-order valence-corrected chi connectivity index (χ3v) is 4.08. The van der Waals surface area contributed by atoms with Gasteiger partial charge in [0.2, 0.25) is 0 Å². The zero-order chi connectivity index (χ0) is 17.6. The Kier molecular flexibility index (Phi) is 5.37. The summed E-state index contributed by atoms with van der Waals surface area (Å²) < 4.78 is 29.3. The lowest BCUT2D eigenvalue weighted by atomic mass is 10.1. The van der Waals surface area contributed by atoms with Gasteiger partial charge in [0.1, 0.15) is 5.75 Å². The molecular weight excluding hydrogens is 330 g/mol. The number of ether oxygens (including phenoxy) is 1. The summed E-state index contributed by atoms with van der Waals surface area (Å²) in [7, 11) is 0. The summed E-state index contributed by atoms with van der Waals surface area (Å²) in [6, 6.07) is 9.73. The van der Waals surface area contributed by atoms with Crippen LogP contribution in [0.2, 0.25) is 0 Å². The first-order valence-corrected chi connectivity index (χ1v) is 8.01. The van der Waals surface area contributed by atoms with E-state index in [2.05, 4.69) is 25.2 Å². The Bertz CT molecular complexity index is 715. The minimum Gasteiger partial charge on any atom is -0.434 e. The van der Waals surface area contributed by atoms with E-state index in [-0.39, 0.29) is 17.4 Å². The molecule has 1 aliphatic heterocycles. The van der Waals surface area contributed by atoms with Gasteiger partial charge in [0.15, 0.2) is 5.82 Å². The minimum atomic E-state index is -2.98. The fraction of sp³-hybridized carbons (Fsp3) is 0.353. The number of para-hydroxylation sites is 1. The predicted molar refractivity (Wildman–Crippen MR) is 87.8 cm³/mol. The summed E-state index contributed by atoms with van der Waals surface area (Å²) >= 11 is 0. The van der Waals surface area contributed by atoms with Crippen LogP contribution in [0.15, 0.2) is 42.6 Å². The standard InChI is InChI=1S/C17H18F2N4O2/c18-17(19)25-14-7-2-1-6-13(14)16(24)20-11-12-5-4-10-23(12)15-8-3-9-21-22-15/h1-3,6-9,12,17H,4-5,10-11H2,(H,20,24)/t12-/m1/s1. The van der Waals surface area contributed by atoms with Crippen molar-refractivity contribution in [3.63, 3.8) is 0 Å². The number of benzene rings is 1. The van der Waals surface area contributed by atoms with E-state index in [9.17, 15) is 13.6 Å². The molecule has 1 N–H and O–H groups in total. The molecule has 1 aromatic heterocycles. The number of aromatic nitrogens is 2. The van der Waals surface area contributed by atoms with E-state index in [1.54, 1.807) is 18.3 Å². The first-order chi connectivity index (χ1) is 12.1. The maximum absolute atomic E-state index is 12.5. The van der Waals surface area contributed by atoms with E-state index in [4.69, 9.17) is 0 Å². The van der Waals surface area contributed by atoms with Gasteiger partial charge in [-0.05, 0) is 37.1 Å². The summed E-state index contributed by atoms with van der Waals surface area (Å²) in [5.74, 6) is 0.190. The Morgan fingerprint density at radius 1 is 1.32 bits per heavy atom. The number of hydrogen-bond donors (Lipinski definition) is 1. The molecule has 0 aliphatic carbocycles. The molecule has 1 fully saturated rings. The average molecular weight is 348 g/mol. The molecule has 0 spiro atoms. The first kappa shape index (κ1) is 17.1. The Morgan fingerprint density at radius 2 is 2.16 bits per heavy atom. The fourth-order valence-corrected chi connectivity index (χ4v) is 2.95. The molecule has 25 heavy (non-hydrogen) atoms. The molecule has 2 aromatic rings. The summed E-state index contributed by atoms with van der Waals surface area (Å²) in [5.41, 5.74) is 0.0897. The van der Waals surface area contributed by atoms with Gasteiger partial charge in [0, 0.05) is 25.3 Å². The number of nitrogens with one attached hydrogen (secondary N) is 1. The van der Waals surface area contributed by atoms with Gasteiger partial charge in [-0.1, -0.05) is 12.1 Å². The summed E-state index contributed by atoms with van der Waals surface area (Å²) in [4.78, 5) is 14.5. The number of nitrogens with zero attached hydrogens (tertiary/aromatic N) is 3. The molecule has 0 saturated carbocycles. The second kappa shape index (κ2) is 7.87.